The number of nitrogens with zero attached hydrogens (tertiary/aromatic N) is 4. The highest BCUT2D eigenvalue weighted by Gasteiger charge is 2.34. The van der Waals surface area contributed by atoms with Crippen LogP contribution in [-0.2, 0) is 16.1 Å². The highest BCUT2D eigenvalue weighted by molar-refractivity contribution is 6.04. The summed E-state index contributed by atoms with van der Waals surface area (Å²) >= 11 is 0. The quantitative estimate of drug-likeness (QED) is 0.621. The molecule has 1 aromatic rings. The van der Waals surface area contributed by atoms with Gasteiger partial charge in [0.1, 0.15) is 25.2 Å². The van der Waals surface area contributed by atoms with Gasteiger partial charge in [-0.25, -0.2) is 9.78 Å². The molecular formula is C9H12N6O3. The van der Waals surface area contributed by atoms with E-state index in [2.05, 4.69) is 20.5 Å². The van der Waals surface area contributed by atoms with E-state index in [1.807, 2.05) is 0 Å². The van der Waals surface area contributed by atoms with Crippen LogP contribution in [0.5, 0.6) is 0 Å². The van der Waals surface area contributed by atoms with Crippen molar-refractivity contribution in [3.63, 3.8) is 0 Å². The number of likely N-dealkylation sites (N-methyl/N-ethyl adjacent to an activating group) is 1. The van der Waals surface area contributed by atoms with E-state index in [9.17, 15) is 14.4 Å². The van der Waals surface area contributed by atoms with Gasteiger partial charge < -0.3 is 10.2 Å². The molecule has 2 rings (SSSR count). The monoisotopic (exact) mass is 252 g/mol. The number of aromatic nitrogens is 3. The Hall–Kier alpha value is -2.45. The van der Waals surface area contributed by atoms with Crippen LogP contribution in [0, 0.1) is 0 Å². The second kappa shape index (κ2) is 4.82. The van der Waals surface area contributed by atoms with Gasteiger partial charge in [-0.15, -0.1) is 0 Å². The van der Waals surface area contributed by atoms with Crippen molar-refractivity contribution in [2.45, 2.75) is 6.54 Å². The van der Waals surface area contributed by atoms with E-state index in [0.29, 0.717) is 5.82 Å². The van der Waals surface area contributed by atoms with E-state index < -0.39 is 11.9 Å². The van der Waals surface area contributed by atoms with Crippen LogP contribution in [-0.4, -0.2) is 63.0 Å². The van der Waals surface area contributed by atoms with Crippen LogP contribution in [0.4, 0.5) is 4.79 Å². The zero-order chi connectivity index (χ0) is 13.1. The van der Waals surface area contributed by atoms with Crippen LogP contribution in [0.1, 0.15) is 5.82 Å². The zero-order valence-electron chi connectivity index (χ0n) is 9.71. The van der Waals surface area contributed by atoms with Crippen molar-refractivity contribution in [2.24, 2.45) is 0 Å². The molecule has 1 saturated heterocycles. The van der Waals surface area contributed by atoms with Crippen molar-refractivity contribution in [3.05, 3.63) is 12.2 Å². The van der Waals surface area contributed by atoms with Crippen molar-refractivity contribution < 1.29 is 14.4 Å². The van der Waals surface area contributed by atoms with Gasteiger partial charge in [0.05, 0.1) is 6.54 Å². The van der Waals surface area contributed by atoms with Gasteiger partial charge in [-0.3, -0.25) is 19.6 Å². The average molecular weight is 252 g/mol. The molecule has 4 amide bonds. The molecule has 9 nitrogen and oxygen atoms in total. The number of nitrogens with one attached hydrogen (secondary N) is 2. The Balaban J connectivity index is 1.84. The first-order valence-corrected chi connectivity index (χ1v) is 5.24. The molecule has 1 aliphatic heterocycles. The van der Waals surface area contributed by atoms with Crippen molar-refractivity contribution in [1.29, 1.82) is 0 Å². The largest absolute Gasteiger partial charge is 0.347 e. The summed E-state index contributed by atoms with van der Waals surface area (Å²) in [5, 5.41) is 8.73. The minimum atomic E-state index is -0.463. The third kappa shape index (κ3) is 2.44. The van der Waals surface area contributed by atoms with Crippen LogP contribution < -0.4 is 5.32 Å². The van der Waals surface area contributed by atoms with Crippen LogP contribution in [0.25, 0.3) is 0 Å². The van der Waals surface area contributed by atoms with Gasteiger partial charge in [-0.2, -0.15) is 5.10 Å². The number of H-pyrrole nitrogens is 1. The van der Waals surface area contributed by atoms with Crippen molar-refractivity contribution >= 4 is 17.8 Å². The molecule has 0 aliphatic carbocycles. The van der Waals surface area contributed by atoms with Gasteiger partial charge in [0.15, 0.2) is 0 Å². The summed E-state index contributed by atoms with van der Waals surface area (Å²) in [6, 6.07) is -0.463. The highest BCUT2D eigenvalue weighted by atomic mass is 16.2. The summed E-state index contributed by atoms with van der Waals surface area (Å²) in [7, 11) is 1.51. The number of hydrogen-bond acceptors (Lipinski definition) is 5. The maximum atomic E-state index is 11.6. The van der Waals surface area contributed by atoms with E-state index in [-0.39, 0.29) is 25.5 Å². The first kappa shape index (κ1) is 12.0. The van der Waals surface area contributed by atoms with E-state index in [1.54, 1.807) is 0 Å². The summed E-state index contributed by atoms with van der Waals surface area (Å²) < 4.78 is 0. The lowest BCUT2D eigenvalue weighted by Crippen LogP contribution is -2.40. The molecule has 0 aromatic carbocycles. The Bertz CT molecular complexity index is 471. The van der Waals surface area contributed by atoms with Crippen LogP contribution in [0.15, 0.2) is 6.33 Å². The third-order valence-electron chi connectivity index (χ3n) is 2.45. The maximum absolute atomic E-state index is 11.6. The normalized spacial score (nSPS) is 15.4. The Morgan fingerprint density at radius 3 is 2.89 bits per heavy atom. The summed E-state index contributed by atoms with van der Waals surface area (Å²) in [4.78, 5) is 40.5. The standard InChI is InChI=1S/C9H12N6O3/c1-14-4-8(17)15(9(14)18)3-7(16)10-2-6-11-5-12-13-6/h5H,2-4H2,1H3,(H,10,16)(H,11,12,13). The van der Waals surface area contributed by atoms with Crippen molar-refractivity contribution in [2.75, 3.05) is 20.1 Å². The molecule has 0 saturated carbocycles. The molecular weight excluding hydrogens is 240 g/mol. The first-order valence-electron chi connectivity index (χ1n) is 5.24. The van der Waals surface area contributed by atoms with E-state index in [0.717, 1.165) is 4.90 Å². The van der Waals surface area contributed by atoms with E-state index in [1.165, 1.54) is 18.3 Å². The molecule has 0 atom stereocenters. The van der Waals surface area contributed by atoms with Crippen LogP contribution in [0.2, 0.25) is 0 Å². The molecule has 0 spiro atoms. The molecule has 18 heavy (non-hydrogen) atoms. The number of amides is 4. The lowest BCUT2D eigenvalue weighted by molar-refractivity contribution is -0.130. The number of carbonyl (C=O) groups excluding carboxylic acids is 3. The van der Waals surface area contributed by atoms with Gasteiger partial charge in [0.2, 0.25) is 5.91 Å². The van der Waals surface area contributed by atoms with Gasteiger partial charge in [0.25, 0.3) is 5.91 Å². The Labute approximate surface area is 102 Å². The lowest BCUT2D eigenvalue weighted by atomic mass is 10.4. The predicted molar refractivity (Wildman–Crippen MR) is 58.0 cm³/mol. The summed E-state index contributed by atoms with van der Waals surface area (Å²) in [6.45, 7) is -0.102. The van der Waals surface area contributed by atoms with Gasteiger partial charge in [-0.1, -0.05) is 0 Å². The van der Waals surface area contributed by atoms with Crippen molar-refractivity contribution in [3.8, 4) is 0 Å². The molecule has 1 aromatic heterocycles. The first-order chi connectivity index (χ1) is 8.58. The summed E-state index contributed by atoms with van der Waals surface area (Å²) in [6.07, 6.45) is 1.32. The third-order valence-corrected chi connectivity index (χ3v) is 2.45. The Morgan fingerprint density at radius 1 is 1.56 bits per heavy atom. The molecule has 1 aliphatic rings. The van der Waals surface area contributed by atoms with E-state index in [4.69, 9.17) is 0 Å². The Morgan fingerprint density at radius 2 is 2.33 bits per heavy atom. The molecule has 2 heterocycles. The summed E-state index contributed by atoms with van der Waals surface area (Å²) in [5.41, 5.74) is 0. The van der Waals surface area contributed by atoms with Crippen LogP contribution in [0.3, 0.4) is 0 Å². The second-order valence-corrected chi connectivity index (χ2v) is 3.83. The number of rotatable bonds is 4. The molecule has 2 N–H and O–H groups in total. The number of urea groups is 1. The molecule has 0 bridgehead atoms. The van der Waals surface area contributed by atoms with Gasteiger partial charge in [-0.05, 0) is 0 Å². The fraction of sp³-hybridized carbons (Fsp3) is 0.444. The molecule has 1 fully saturated rings. The molecule has 0 radical (unpaired) electrons. The topological polar surface area (TPSA) is 111 Å². The maximum Gasteiger partial charge on any atom is 0.327 e. The minimum absolute atomic E-state index is 0.00815. The minimum Gasteiger partial charge on any atom is -0.347 e. The number of hydrogen-bond donors (Lipinski definition) is 2. The number of aromatic amines is 1. The fourth-order valence-corrected chi connectivity index (χ4v) is 1.52. The van der Waals surface area contributed by atoms with Crippen molar-refractivity contribution in [1.82, 2.24) is 30.3 Å². The number of imide groups is 1. The highest BCUT2D eigenvalue weighted by Crippen LogP contribution is 2.06. The average Bonchev–Trinajstić information content (AvgIpc) is 2.92. The zero-order valence-corrected chi connectivity index (χ0v) is 9.71. The summed E-state index contributed by atoms with van der Waals surface area (Å²) in [5.74, 6) is -0.305. The van der Waals surface area contributed by atoms with Gasteiger partial charge >= 0.3 is 6.03 Å². The smallest absolute Gasteiger partial charge is 0.327 e. The second-order valence-electron chi connectivity index (χ2n) is 3.83. The molecule has 0 unspecified atom stereocenters. The molecule has 9 heteroatoms. The SMILES string of the molecule is CN1CC(=O)N(CC(=O)NCc2ncn[nH]2)C1=O. The van der Waals surface area contributed by atoms with Crippen LogP contribution >= 0.6 is 0 Å². The van der Waals surface area contributed by atoms with E-state index >= 15 is 0 Å². The number of carbonyl (C=O) groups is 3. The predicted octanol–water partition coefficient (Wildman–Crippen LogP) is -1.69. The fourth-order valence-electron chi connectivity index (χ4n) is 1.52. The lowest BCUT2D eigenvalue weighted by Gasteiger charge is -2.13. The Kier molecular flexibility index (Phi) is 3.22. The molecule has 96 valence electrons. The van der Waals surface area contributed by atoms with Gasteiger partial charge in [0, 0.05) is 7.05 Å².